The zero-order valence-corrected chi connectivity index (χ0v) is 42.2. The number of hydrogen-bond acceptors (Lipinski definition) is 13. The molecule has 0 amide bonds. The molecular weight excluding hydrogens is 911 g/mol. The standard InChI is InChI=1S/C58H71N5O9/c1-33(2)26-57(3,68)30-61-31-63-49-10-6-7-20-69-48-24-37(22-36(53(48)67)9-8-19-64)56-58(49,70-32-60-5)27-45-42-25-44-50(35-11-15-46-34(21-35)17-18-62-46)38(28-59-4)23-43-47(66)16-14-40(51(43)44)52(42)55-41(54(45)72-56)13-12-39(29-65)71-55/h11,14-18,21-24,33,39,44,49-50,56,59-68H,7-9,12-13,19-20,25-32H2,1-5H3. The van der Waals surface area contributed by atoms with Crippen molar-refractivity contribution in [3.05, 3.63) is 105 Å². The van der Waals surface area contributed by atoms with Crippen molar-refractivity contribution in [3.63, 3.8) is 0 Å². The first kappa shape index (κ1) is 50.0. The molecule has 0 radical (unpaired) electrons. The number of benzene rings is 4. The highest BCUT2D eigenvalue weighted by molar-refractivity contribution is 5.90. The fourth-order valence-electron chi connectivity index (χ4n) is 12.5. The molecule has 382 valence electrons. The summed E-state index contributed by atoms with van der Waals surface area (Å²) in [7, 11) is 3.81. The molecule has 10 N–H and O–H groups in total. The first-order valence-electron chi connectivity index (χ1n) is 25.8. The van der Waals surface area contributed by atoms with Crippen molar-refractivity contribution < 1.29 is 44.5 Å². The van der Waals surface area contributed by atoms with Gasteiger partial charge in [-0.1, -0.05) is 37.8 Å². The van der Waals surface area contributed by atoms with Crippen molar-refractivity contribution in [1.82, 2.24) is 26.3 Å². The lowest BCUT2D eigenvalue weighted by atomic mass is 9.62. The van der Waals surface area contributed by atoms with Crippen LogP contribution in [0.4, 0.5) is 0 Å². The van der Waals surface area contributed by atoms with Crippen LogP contribution in [0.1, 0.15) is 109 Å². The molecule has 5 aliphatic rings. The molecule has 0 fully saturated rings. The molecular formula is C58H71N5O9. The predicted molar refractivity (Wildman–Crippen MR) is 279 cm³/mol. The van der Waals surface area contributed by atoms with E-state index in [4.69, 9.17) is 18.9 Å². The van der Waals surface area contributed by atoms with Crippen LogP contribution in [0.5, 0.6) is 28.7 Å². The van der Waals surface area contributed by atoms with Gasteiger partial charge in [0.05, 0.1) is 25.5 Å². The number of phenolic OH excluding ortho intramolecular Hbond substituents is 2. The van der Waals surface area contributed by atoms with Crippen molar-refractivity contribution in [3.8, 4) is 51.7 Å². The fraction of sp³-hybridized carbons (Fsp3) is 0.483. The van der Waals surface area contributed by atoms with E-state index >= 15 is 0 Å². The zero-order valence-electron chi connectivity index (χ0n) is 42.2. The summed E-state index contributed by atoms with van der Waals surface area (Å²) in [4.78, 5) is 3.37. The number of phenols is 2. The molecule has 4 aromatic carbocycles. The number of ether oxygens (including phenoxy) is 4. The number of aliphatic hydroxyl groups excluding tert-OH is 2. The largest absolute Gasteiger partial charge is 0.507 e. The number of H-pyrrole nitrogens is 1. The number of aromatic hydroxyl groups is 2. The van der Waals surface area contributed by atoms with E-state index in [1.54, 1.807) is 6.07 Å². The summed E-state index contributed by atoms with van der Waals surface area (Å²) in [5, 5.41) is 70.6. The SMILES string of the molecule is CNCOC12Cc3c4c(c5c(c3OC1c1cc(CCCO)c(O)c(c1)OCCC#CC2NCNCC(C)(O)CC(C)C)CCC(CO)O5)-c1ccc(O)c2c1C(C4)C(c1ccc3[nH]ccc3c1)C(CNC)=C2. The molecule has 14 heteroatoms. The minimum Gasteiger partial charge on any atom is -0.507 e. The van der Waals surface area contributed by atoms with Gasteiger partial charge in [-0.25, -0.2) is 0 Å². The first-order chi connectivity index (χ1) is 34.9. The maximum Gasteiger partial charge on any atom is 0.161 e. The number of hydrogen-bond donors (Lipinski definition) is 10. The van der Waals surface area contributed by atoms with Gasteiger partial charge < -0.3 is 60.1 Å². The summed E-state index contributed by atoms with van der Waals surface area (Å²) in [6.45, 7) is 7.50. The van der Waals surface area contributed by atoms with Gasteiger partial charge in [-0.3, -0.25) is 10.6 Å². The predicted octanol–water partition coefficient (Wildman–Crippen LogP) is 6.59. The van der Waals surface area contributed by atoms with Gasteiger partial charge in [-0.15, -0.1) is 0 Å². The summed E-state index contributed by atoms with van der Waals surface area (Å²) in [6, 6.07) is 15.7. The Bertz CT molecular complexity index is 2920. The average Bonchev–Trinajstić information content (AvgIpc) is 3.84. The number of aromatic amines is 1. The summed E-state index contributed by atoms with van der Waals surface area (Å²) in [6.07, 6.45) is 6.79. The maximum absolute atomic E-state index is 11.8. The molecule has 5 aromatic rings. The number of fused-ring (bicyclic) bond motifs is 12. The summed E-state index contributed by atoms with van der Waals surface area (Å²) >= 11 is 0. The van der Waals surface area contributed by atoms with Crippen LogP contribution in [-0.2, 0) is 30.4 Å². The van der Waals surface area contributed by atoms with E-state index in [0.29, 0.717) is 99.9 Å². The molecule has 7 atom stereocenters. The van der Waals surface area contributed by atoms with Crippen LogP contribution in [0.15, 0.2) is 60.3 Å². The third kappa shape index (κ3) is 9.24. The van der Waals surface area contributed by atoms with Crippen LogP contribution in [-0.4, -0.2) is 114 Å². The molecule has 4 heterocycles. The molecule has 2 aliphatic carbocycles. The average molecular weight is 982 g/mol. The Morgan fingerprint density at radius 3 is 2.64 bits per heavy atom. The Morgan fingerprint density at radius 1 is 0.986 bits per heavy atom. The zero-order chi connectivity index (χ0) is 50.3. The molecule has 10 rings (SSSR count). The fourth-order valence-corrected chi connectivity index (χ4v) is 12.5. The summed E-state index contributed by atoms with van der Waals surface area (Å²) in [5.74, 6) is 9.09. The Balaban J connectivity index is 1.21. The van der Waals surface area contributed by atoms with Crippen LogP contribution in [0.2, 0.25) is 0 Å². The number of aliphatic hydroxyl groups is 3. The van der Waals surface area contributed by atoms with E-state index in [9.17, 15) is 25.5 Å². The molecule has 0 saturated carbocycles. The highest BCUT2D eigenvalue weighted by atomic mass is 16.6. The molecule has 1 aromatic heterocycles. The Labute approximate surface area is 422 Å². The number of nitrogens with one attached hydrogen (secondary N) is 5. The smallest absolute Gasteiger partial charge is 0.161 e. The van der Waals surface area contributed by atoms with Crippen LogP contribution >= 0.6 is 0 Å². The Kier molecular flexibility index (Phi) is 14.4. The molecule has 14 nitrogen and oxygen atoms in total. The van der Waals surface area contributed by atoms with E-state index in [1.807, 2.05) is 45.4 Å². The van der Waals surface area contributed by atoms with Crippen molar-refractivity contribution in [2.45, 2.75) is 113 Å². The molecule has 0 spiro atoms. The van der Waals surface area contributed by atoms with Crippen LogP contribution in [0.3, 0.4) is 0 Å². The molecule has 72 heavy (non-hydrogen) atoms. The summed E-state index contributed by atoms with van der Waals surface area (Å²) in [5.41, 5.74) is 9.32. The highest BCUT2D eigenvalue weighted by Gasteiger charge is 2.55. The van der Waals surface area contributed by atoms with Gasteiger partial charge in [0.25, 0.3) is 0 Å². The van der Waals surface area contributed by atoms with E-state index in [-0.39, 0.29) is 49.9 Å². The third-order valence-corrected chi connectivity index (χ3v) is 15.4. The highest BCUT2D eigenvalue weighted by Crippen LogP contribution is 2.62. The van der Waals surface area contributed by atoms with Crippen molar-refractivity contribution >= 4 is 17.0 Å². The van der Waals surface area contributed by atoms with Gasteiger partial charge in [0.15, 0.2) is 17.6 Å². The third-order valence-electron chi connectivity index (χ3n) is 15.4. The molecule has 7 unspecified atom stereocenters. The van der Waals surface area contributed by atoms with Gasteiger partial charge in [0.1, 0.15) is 35.0 Å². The van der Waals surface area contributed by atoms with Gasteiger partial charge in [-0.05, 0) is 158 Å². The van der Waals surface area contributed by atoms with Gasteiger partial charge in [0.2, 0.25) is 0 Å². The van der Waals surface area contributed by atoms with E-state index < -0.39 is 29.5 Å². The number of rotatable bonds is 17. The van der Waals surface area contributed by atoms with Crippen molar-refractivity contribution in [2.24, 2.45) is 5.92 Å². The minimum absolute atomic E-state index is 0.0213. The normalized spacial score (nSPS) is 23.6. The molecule has 2 bridgehead atoms. The first-order valence-corrected chi connectivity index (χ1v) is 25.8. The van der Waals surface area contributed by atoms with Crippen LogP contribution < -0.4 is 35.5 Å². The number of aryl methyl sites for hydroxylation is 1. The lowest BCUT2D eigenvalue weighted by Gasteiger charge is -2.50. The quantitative estimate of drug-likeness (QED) is 0.0272. The maximum atomic E-state index is 11.8. The topological polar surface area (TPSA) is 202 Å². The Morgan fingerprint density at radius 2 is 1.85 bits per heavy atom. The summed E-state index contributed by atoms with van der Waals surface area (Å²) < 4.78 is 28.3. The van der Waals surface area contributed by atoms with E-state index in [1.165, 1.54) is 11.1 Å². The van der Waals surface area contributed by atoms with Crippen LogP contribution in [0.25, 0.3) is 28.1 Å². The number of aromatic nitrogens is 1. The second-order valence-corrected chi connectivity index (χ2v) is 21.1. The Hall–Kier alpha value is -5.60. The second kappa shape index (κ2) is 20.7. The van der Waals surface area contributed by atoms with Gasteiger partial charge >= 0.3 is 0 Å². The molecule has 0 saturated heterocycles. The number of likely N-dealkylation sites (N-methyl/N-ethyl adjacent to an activating group) is 1. The second-order valence-electron chi connectivity index (χ2n) is 21.1. The van der Waals surface area contributed by atoms with Gasteiger partial charge in [0, 0.05) is 79.1 Å². The monoisotopic (exact) mass is 982 g/mol. The minimum atomic E-state index is -1.24. The lowest BCUT2D eigenvalue weighted by molar-refractivity contribution is -0.141. The van der Waals surface area contributed by atoms with Crippen LogP contribution in [0, 0.1) is 17.8 Å². The van der Waals surface area contributed by atoms with E-state index in [0.717, 1.165) is 55.4 Å². The molecule has 3 aliphatic heterocycles. The van der Waals surface area contributed by atoms with Crippen molar-refractivity contribution in [1.29, 1.82) is 0 Å². The van der Waals surface area contributed by atoms with Gasteiger partial charge in [-0.2, -0.15) is 0 Å². The van der Waals surface area contributed by atoms with Crippen molar-refractivity contribution in [2.75, 3.05) is 60.4 Å². The van der Waals surface area contributed by atoms with E-state index in [2.05, 4.69) is 82.3 Å². The lowest BCUT2D eigenvalue weighted by Crippen LogP contribution is -2.62.